The van der Waals surface area contributed by atoms with Crippen molar-refractivity contribution in [3.63, 3.8) is 0 Å². The average Bonchev–Trinajstić information content (AvgIpc) is 3.31. The second-order valence-corrected chi connectivity index (χ2v) is 10.7. The summed E-state index contributed by atoms with van der Waals surface area (Å²) in [6.45, 7) is 5.16. The molecule has 2 amide bonds. The molecule has 11 heteroatoms. The second-order valence-electron chi connectivity index (χ2n) is 8.06. The lowest BCUT2D eigenvalue weighted by Crippen LogP contribution is -2.51. The van der Waals surface area contributed by atoms with Crippen LogP contribution in [-0.2, 0) is 26.2 Å². The van der Waals surface area contributed by atoms with Crippen molar-refractivity contribution in [1.29, 1.82) is 0 Å². The lowest BCUT2D eigenvalue weighted by atomic mass is 10.1. The Hall–Kier alpha value is -2.98. The number of fused-ring (bicyclic) bond motifs is 1. The van der Waals surface area contributed by atoms with Crippen LogP contribution >= 0.6 is 11.6 Å². The quantitative estimate of drug-likeness (QED) is 0.485. The van der Waals surface area contributed by atoms with Crippen LogP contribution in [0.3, 0.4) is 0 Å². The van der Waals surface area contributed by atoms with Crippen molar-refractivity contribution in [3.05, 3.63) is 53.1 Å². The van der Waals surface area contributed by atoms with Gasteiger partial charge in [-0.05, 0) is 50.1 Å². The van der Waals surface area contributed by atoms with Crippen LogP contribution in [0.5, 0.6) is 11.5 Å². The minimum absolute atomic E-state index is 0.0377. The Labute approximate surface area is 211 Å². The molecule has 2 aromatic carbocycles. The molecule has 3 rings (SSSR count). The Morgan fingerprint density at radius 3 is 2.54 bits per heavy atom. The number of hydrogen-bond donors (Lipinski definition) is 1. The number of amides is 2. The second kappa shape index (κ2) is 11.6. The molecule has 1 heterocycles. The van der Waals surface area contributed by atoms with Crippen LogP contribution in [0.2, 0.25) is 5.02 Å². The van der Waals surface area contributed by atoms with E-state index in [-0.39, 0.29) is 30.7 Å². The van der Waals surface area contributed by atoms with E-state index in [9.17, 15) is 18.0 Å². The molecule has 1 unspecified atom stereocenters. The molecule has 1 atom stereocenters. The molecule has 0 aromatic heterocycles. The van der Waals surface area contributed by atoms with Crippen LogP contribution in [0, 0.1) is 0 Å². The van der Waals surface area contributed by atoms with E-state index in [0.29, 0.717) is 28.6 Å². The van der Waals surface area contributed by atoms with Crippen molar-refractivity contribution in [2.45, 2.75) is 39.8 Å². The molecule has 35 heavy (non-hydrogen) atoms. The Morgan fingerprint density at radius 1 is 1.11 bits per heavy atom. The van der Waals surface area contributed by atoms with Crippen molar-refractivity contribution in [2.75, 3.05) is 29.9 Å². The third-order valence-corrected chi connectivity index (χ3v) is 7.56. The highest BCUT2D eigenvalue weighted by Crippen LogP contribution is 2.36. The first-order valence-electron chi connectivity index (χ1n) is 11.4. The maximum absolute atomic E-state index is 13.6. The molecule has 9 nitrogen and oxygen atoms in total. The first kappa shape index (κ1) is 26.6. The number of carbonyl (C=O) groups is 2. The fraction of sp³-hybridized carbons (Fsp3) is 0.417. The van der Waals surface area contributed by atoms with Crippen molar-refractivity contribution in [1.82, 2.24) is 10.2 Å². The molecule has 1 aliphatic heterocycles. The number of halogens is 1. The van der Waals surface area contributed by atoms with Gasteiger partial charge in [-0.15, -0.1) is 0 Å². The zero-order valence-electron chi connectivity index (χ0n) is 20.0. The van der Waals surface area contributed by atoms with Gasteiger partial charge in [0.05, 0.1) is 11.4 Å². The predicted molar refractivity (Wildman–Crippen MR) is 134 cm³/mol. The summed E-state index contributed by atoms with van der Waals surface area (Å²) in [5.41, 5.74) is 0.990. The smallest absolute Gasteiger partial charge is 0.244 e. The molecule has 0 aliphatic carbocycles. The molecule has 1 aliphatic rings. The van der Waals surface area contributed by atoms with E-state index >= 15 is 0 Å². The fourth-order valence-electron chi connectivity index (χ4n) is 3.57. The van der Waals surface area contributed by atoms with Gasteiger partial charge in [0.1, 0.15) is 12.6 Å². The summed E-state index contributed by atoms with van der Waals surface area (Å²) >= 11 is 6.12. The fourth-order valence-corrected chi connectivity index (χ4v) is 4.84. The molecular formula is C24H30ClN3O6S. The zero-order chi connectivity index (χ0) is 25.6. The molecule has 0 spiro atoms. The highest BCUT2D eigenvalue weighted by atomic mass is 35.5. The first-order chi connectivity index (χ1) is 16.7. The van der Waals surface area contributed by atoms with Gasteiger partial charge in [0.2, 0.25) is 28.6 Å². The van der Waals surface area contributed by atoms with Gasteiger partial charge in [0, 0.05) is 24.2 Å². The Balaban J connectivity index is 1.93. The molecule has 190 valence electrons. The third kappa shape index (κ3) is 6.58. The van der Waals surface area contributed by atoms with Gasteiger partial charge in [-0.2, -0.15) is 0 Å². The summed E-state index contributed by atoms with van der Waals surface area (Å²) < 4.78 is 37.7. The number of nitrogens with one attached hydrogen (secondary N) is 1. The topological polar surface area (TPSA) is 105 Å². The van der Waals surface area contributed by atoms with Crippen molar-refractivity contribution < 1.29 is 27.5 Å². The largest absolute Gasteiger partial charge is 0.454 e. The van der Waals surface area contributed by atoms with Crippen LogP contribution < -0.4 is 19.1 Å². The van der Waals surface area contributed by atoms with Gasteiger partial charge in [0.25, 0.3) is 0 Å². The molecule has 1 N–H and O–H groups in total. The van der Waals surface area contributed by atoms with Crippen LogP contribution in [0.1, 0.15) is 32.8 Å². The van der Waals surface area contributed by atoms with Crippen molar-refractivity contribution in [2.24, 2.45) is 0 Å². The van der Waals surface area contributed by atoms with E-state index in [0.717, 1.165) is 10.7 Å². The number of carbonyl (C=O) groups excluding carboxylic acids is 2. The lowest BCUT2D eigenvalue weighted by Gasteiger charge is -2.32. The summed E-state index contributed by atoms with van der Waals surface area (Å²) in [6, 6.07) is 10.8. The minimum Gasteiger partial charge on any atom is -0.454 e. The molecule has 0 saturated carbocycles. The summed E-state index contributed by atoms with van der Waals surface area (Å²) in [7, 11) is -3.83. The summed E-state index contributed by atoms with van der Waals surface area (Å²) in [4.78, 5) is 27.7. The molecule has 0 saturated heterocycles. The SMILES string of the molecule is CCCNC(=O)C(C)N(Cc1cccc(Cl)c1)C(=O)CN(c1ccc2c(c1)OCO2)S(=O)(=O)CC. The number of ether oxygens (including phenoxy) is 2. The standard InChI is InChI=1S/C24H30ClN3O6S/c1-4-11-26-24(30)17(3)27(14-18-7-6-8-19(25)12-18)23(29)15-28(35(31,32)5-2)20-9-10-21-22(13-20)34-16-33-21/h6-10,12-13,17H,4-5,11,14-16H2,1-3H3,(H,26,30). The third-order valence-electron chi connectivity index (χ3n) is 5.58. The molecule has 2 aromatic rings. The number of nitrogens with zero attached hydrogens (tertiary/aromatic N) is 2. The summed E-state index contributed by atoms with van der Waals surface area (Å²) in [5, 5.41) is 3.29. The van der Waals surface area contributed by atoms with E-state index in [1.807, 2.05) is 6.92 Å². The van der Waals surface area contributed by atoms with E-state index in [1.54, 1.807) is 43.3 Å². The minimum atomic E-state index is -3.83. The number of hydrogen-bond acceptors (Lipinski definition) is 6. The summed E-state index contributed by atoms with van der Waals surface area (Å²) in [6.07, 6.45) is 0.743. The van der Waals surface area contributed by atoms with Gasteiger partial charge >= 0.3 is 0 Å². The number of anilines is 1. The van der Waals surface area contributed by atoms with Crippen LogP contribution in [0.4, 0.5) is 5.69 Å². The van der Waals surface area contributed by atoms with Crippen molar-refractivity contribution >= 4 is 39.1 Å². The lowest BCUT2D eigenvalue weighted by molar-refractivity contribution is -0.139. The molecule has 0 bridgehead atoms. The number of benzene rings is 2. The zero-order valence-corrected chi connectivity index (χ0v) is 21.6. The van der Waals surface area contributed by atoms with E-state index in [2.05, 4.69) is 5.32 Å². The average molecular weight is 524 g/mol. The van der Waals surface area contributed by atoms with Gasteiger partial charge in [-0.3, -0.25) is 13.9 Å². The predicted octanol–water partition coefficient (Wildman–Crippen LogP) is 3.17. The van der Waals surface area contributed by atoms with Crippen molar-refractivity contribution in [3.8, 4) is 11.5 Å². The normalized spacial score (nSPS) is 13.3. The highest BCUT2D eigenvalue weighted by Gasteiger charge is 2.31. The van der Waals surface area contributed by atoms with E-state index in [1.165, 1.54) is 17.9 Å². The van der Waals surface area contributed by atoms with Crippen LogP contribution in [0.25, 0.3) is 0 Å². The maximum Gasteiger partial charge on any atom is 0.244 e. The van der Waals surface area contributed by atoms with E-state index < -0.39 is 28.5 Å². The summed E-state index contributed by atoms with van der Waals surface area (Å²) in [5.74, 6) is -0.170. The Kier molecular flexibility index (Phi) is 8.85. The molecular weight excluding hydrogens is 494 g/mol. The first-order valence-corrected chi connectivity index (χ1v) is 13.4. The number of rotatable bonds is 11. The molecule has 0 radical (unpaired) electrons. The monoisotopic (exact) mass is 523 g/mol. The molecule has 0 fully saturated rings. The van der Waals surface area contributed by atoms with Gasteiger partial charge < -0.3 is 19.7 Å². The van der Waals surface area contributed by atoms with Gasteiger partial charge in [-0.1, -0.05) is 30.7 Å². The Morgan fingerprint density at radius 2 is 1.86 bits per heavy atom. The number of sulfonamides is 1. The van der Waals surface area contributed by atoms with Gasteiger partial charge in [0.15, 0.2) is 11.5 Å². The van der Waals surface area contributed by atoms with Crippen LogP contribution in [-0.4, -0.2) is 56.8 Å². The Bertz CT molecular complexity index is 1170. The maximum atomic E-state index is 13.6. The van der Waals surface area contributed by atoms with Crippen LogP contribution in [0.15, 0.2) is 42.5 Å². The highest BCUT2D eigenvalue weighted by molar-refractivity contribution is 7.92. The van der Waals surface area contributed by atoms with Gasteiger partial charge in [-0.25, -0.2) is 8.42 Å². The van der Waals surface area contributed by atoms with E-state index in [4.69, 9.17) is 21.1 Å².